The largest absolute Gasteiger partial charge is 0.338 e. The van der Waals surface area contributed by atoms with Gasteiger partial charge in [-0.15, -0.1) is 11.3 Å². The fourth-order valence-electron chi connectivity index (χ4n) is 3.31. The number of amides is 1. The van der Waals surface area contributed by atoms with Crippen molar-refractivity contribution in [3.8, 4) is 11.4 Å². The van der Waals surface area contributed by atoms with E-state index >= 15 is 0 Å². The summed E-state index contributed by atoms with van der Waals surface area (Å²) < 4.78 is 0.840. The molecule has 0 bridgehead atoms. The molecule has 9 heteroatoms. The van der Waals surface area contributed by atoms with Gasteiger partial charge in [0.2, 0.25) is 0 Å². The second-order valence-corrected chi connectivity index (χ2v) is 9.25. The molecule has 0 saturated carbocycles. The molecule has 0 radical (unpaired) electrons. The number of H-pyrrole nitrogens is 1. The highest BCUT2D eigenvalue weighted by atomic mass is 35.5. The fraction of sp³-hybridized carbons (Fsp3) is 0. The van der Waals surface area contributed by atoms with Crippen LogP contribution in [0.4, 0.5) is 5.69 Å². The maximum Gasteiger partial charge on any atom is 0.269 e. The van der Waals surface area contributed by atoms with Crippen molar-refractivity contribution in [3.05, 3.63) is 81.7 Å². The van der Waals surface area contributed by atoms with Crippen molar-refractivity contribution >= 4 is 84.6 Å². The summed E-state index contributed by atoms with van der Waals surface area (Å²) in [5.41, 5.74) is 3.58. The number of imidazole rings is 1. The summed E-state index contributed by atoms with van der Waals surface area (Å²) in [6.45, 7) is 0. The SMILES string of the molecule is O=C(NC(=S)Nc1ccc(-c2nc3ccccc3[nH]2)cc1)c1sc2cc(Cl)ccc2c1Cl. The number of nitrogens with zero attached hydrogens (tertiary/aromatic N) is 1. The van der Waals surface area contributed by atoms with Crippen LogP contribution in [0.3, 0.4) is 0 Å². The summed E-state index contributed by atoms with van der Waals surface area (Å²) >= 11 is 19.0. The minimum atomic E-state index is -0.372. The molecule has 3 aromatic carbocycles. The third kappa shape index (κ3) is 4.08. The Morgan fingerprint density at radius 1 is 1.03 bits per heavy atom. The molecule has 0 aliphatic carbocycles. The molecule has 5 rings (SSSR count). The number of rotatable bonds is 3. The van der Waals surface area contributed by atoms with E-state index in [0.29, 0.717) is 14.9 Å². The molecule has 0 saturated heterocycles. The van der Waals surface area contributed by atoms with Crippen LogP contribution >= 0.6 is 46.8 Å². The number of thiophene rings is 1. The Morgan fingerprint density at radius 3 is 2.59 bits per heavy atom. The number of fused-ring (bicyclic) bond motifs is 2. The smallest absolute Gasteiger partial charge is 0.269 e. The Labute approximate surface area is 202 Å². The van der Waals surface area contributed by atoms with Crippen LogP contribution in [0, 0.1) is 0 Å². The second kappa shape index (κ2) is 8.52. The first-order valence-electron chi connectivity index (χ1n) is 9.53. The van der Waals surface area contributed by atoms with Crippen molar-refractivity contribution in [2.45, 2.75) is 0 Å². The number of carbonyl (C=O) groups excluding carboxylic acids is 1. The van der Waals surface area contributed by atoms with E-state index in [2.05, 4.69) is 20.6 Å². The average molecular weight is 497 g/mol. The zero-order valence-electron chi connectivity index (χ0n) is 16.3. The van der Waals surface area contributed by atoms with E-state index in [1.54, 1.807) is 18.2 Å². The van der Waals surface area contributed by atoms with E-state index in [1.165, 1.54) is 11.3 Å². The van der Waals surface area contributed by atoms with Gasteiger partial charge >= 0.3 is 0 Å². The Balaban J connectivity index is 1.28. The van der Waals surface area contributed by atoms with Crippen LogP contribution in [0.15, 0.2) is 66.7 Å². The highest BCUT2D eigenvalue weighted by Gasteiger charge is 2.18. The minimum Gasteiger partial charge on any atom is -0.338 e. The number of anilines is 1. The van der Waals surface area contributed by atoms with Crippen molar-refractivity contribution in [3.63, 3.8) is 0 Å². The first-order chi connectivity index (χ1) is 15.5. The standard InChI is InChI=1S/C23H14Cl2N4OS2/c24-13-7-10-15-18(11-13)32-20(19(15)25)22(30)29-23(31)26-14-8-5-12(6-9-14)21-27-16-3-1-2-4-17(16)28-21/h1-11H,(H,27,28)(H2,26,29,30,31). The maximum absolute atomic E-state index is 12.7. The Bertz CT molecular complexity index is 1460. The number of thiocarbonyl (C=S) groups is 1. The first-order valence-corrected chi connectivity index (χ1v) is 11.5. The maximum atomic E-state index is 12.7. The van der Waals surface area contributed by atoms with Gasteiger partial charge < -0.3 is 10.3 Å². The van der Waals surface area contributed by atoms with Gasteiger partial charge in [-0.3, -0.25) is 10.1 Å². The van der Waals surface area contributed by atoms with E-state index < -0.39 is 0 Å². The van der Waals surface area contributed by atoms with Gasteiger partial charge in [0, 0.05) is 26.4 Å². The van der Waals surface area contributed by atoms with E-state index in [1.807, 2.05) is 48.5 Å². The minimum absolute atomic E-state index is 0.179. The predicted molar refractivity (Wildman–Crippen MR) is 137 cm³/mol. The van der Waals surface area contributed by atoms with Crippen molar-refractivity contribution in [1.82, 2.24) is 15.3 Å². The molecule has 158 valence electrons. The lowest BCUT2D eigenvalue weighted by atomic mass is 10.2. The van der Waals surface area contributed by atoms with E-state index in [-0.39, 0.29) is 11.0 Å². The quantitative estimate of drug-likeness (QED) is 0.238. The highest BCUT2D eigenvalue weighted by Crippen LogP contribution is 2.36. The third-order valence-electron chi connectivity index (χ3n) is 4.83. The van der Waals surface area contributed by atoms with Crippen LogP contribution in [-0.2, 0) is 0 Å². The predicted octanol–water partition coefficient (Wildman–Crippen LogP) is 6.88. The zero-order chi connectivity index (χ0) is 22.2. The van der Waals surface area contributed by atoms with E-state index in [0.717, 1.165) is 38.2 Å². The number of halogens is 2. The van der Waals surface area contributed by atoms with Gasteiger partial charge in [0.15, 0.2) is 5.11 Å². The van der Waals surface area contributed by atoms with Gasteiger partial charge in [-0.1, -0.05) is 41.4 Å². The van der Waals surface area contributed by atoms with E-state index in [9.17, 15) is 4.79 Å². The molecular weight excluding hydrogens is 483 g/mol. The van der Waals surface area contributed by atoms with Gasteiger partial charge in [-0.25, -0.2) is 4.98 Å². The number of hydrogen-bond donors (Lipinski definition) is 3. The van der Waals surface area contributed by atoms with Gasteiger partial charge in [0.05, 0.1) is 16.1 Å². The number of aromatic nitrogens is 2. The first kappa shape index (κ1) is 20.9. The van der Waals surface area contributed by atoms with E-state index in [4.69, 9.17) is 35.4 Å². The van der Waals surface area contributed by atoms with Crippen LogP contribution in [0.25, 0.3) is 32.5 Å². The van der Waals surface area contributed by atoms with Crippen molar-refractivity contribution in [1.29, 1.82) is 0 Å². The van der Waals surface area contributed by atoms with Gasteiger partial charge in [-0.2, -0.15) is 0 Å². The Morgan fingerprint density at radius 2 is 1.81 bits per heavy atom. The van der Waals surface area contributed by atoms with Crippen molar-refractivity contribution in [2.75, 3.05) is 5.32 Å². The molecule has 32 heavy (non-hydrogen) atoms. The number of aromatic amines is 1. The number of carbonyl (C=O) groups is 1. The Hall–Kier alpha value is -2.97. The van der Waals surface area contributed by atoms with Crippen LogP contribution in [0.1, 0.15) is 9.67 Å². The molecule has 2 aromatic heterocycles. The summed E-state index contributed by atoms with van der Waals surface area (Å²) in [5.74, 6) is 0.414. The molecule has 0 fully saturated rings. The van der Waals surface area contributed by atoms with Crippen molar-refractivity contribution < 1.29 is 4.79 Å². The normalized spacial score (nSPS) is 11.1. The lowest BCUT2D eigenvalue weighted by Gasteiger charge is -2.09. The number of para-hydroxylation sites is 2. The molecular formula is C23H14Cl2N4OS2. The Kier molecular flexibility index (Phi) is 5.57. The molecule has 1 amide bonds. The zero-order valence-corrected chi connectivity index (χ0v) is 19.4. The number of benzene rings is 3. The summed E-state index contributed by atoms with van der Waals surface area (Å²) in [6, 6.07) is 20.8. The topological polar surface area (TPSA) is 69.8 Å². The summed E-state index contributed by atoms with van der Waals surface area (Å²) in [5, 5.41) is 7.64. The molecule has 3 N–H and O–H groups in total. The fourth-order valence-corrected chi connectivity index (χ4v) is 5.21. The van der Waals surface area contributed by atoms with Crippen LogP contribution in [-0.4, -0.2) is 21.0 Å². The third-order valence-corrected chi connectivity index (χ3v) is 6.93. The molecule has 2 heterocycles. The molecule has 0 spiro atoms. The summed E-state index contributed by atoms with van der Waals surface area (Å²) in [4.78, 5) is 21.0. The molecule has 5 aromatic rings. The average Bonchev–Trinajstić information content (AvgIpc) is 3.35. The van der Waals surface area contributed by atoms with Gasteiger partial charge in [-0.05, 0) is 60.7 Å². The van der Waals surface area contributed by atoms with Crippen LogP contribution in [0.5, 0.6) is 0 Å². The molecule has 0 unspecified atom stereocenters. The summed E-state index contributed by atoms with van der Waals surface area (Å²) in [7, 11) is 0. The lowest BCUT2D eigenvalue weighted by molar-refractivity contribution is 0.0982. The molecule has 0 aliphatic rings. The number of hydrogen-bond acceptors (Lipinski definition) is 4. The van der Waals surface area contributed by atoms with Crippen molar-refractivity contribution in [2.24, 2.45) is 0 Å². The van der Waals surface area contributed by atoms with Crippen LogP contribution < -0.4 is 10.6 Å². The van der Waals surface area contributed by atoms with Crippen LogP contribution in [0.2, 0.25) is 10.0 Å². The summed E-state index contributed by atoms with van der Waals surface area (Å²) in [6.07, 6.45) is 0. The molecule has 0 aliphatic heterocycles. The highest BCUT2D eigenvalue weighted by molar-refractivity contribution is 7.80. The molecule has 0 atom stereocenters. The van der Waals surface area contributed by atoms with Gasteiger partial charge in [0.1, 0.15) is 10.7 Å². The monoisotopic (exact) mass is 496 g/mol. The number of nitrogens with one attached hydrogen (secondary N) is 3. The second-order valence-electron chi connectivity index (χ2n) is 6.97. The molecule has 5 nitrogen and oxygen atoms in total. The lowest BCUT2D eigenvalue weighted by Crippen LogP contribution is -2.33. The van der Waals surface area contributed by atoms with Gasteiger partial charge in [0.25, 0.3) is 5.91 Å².